The number of aromatic nitrogens is 1. The highest BCUT2D eigenvalue weighted by Crippen LogP contribution is 2.04. The second-order valence-corrected chi connectivity index (χ2v) is 3.74. The Kier molecular flexibility index (Phi) is 3.96. The summed E-state index contributed by atoms with van der Waals surface area (Å²) in [5.41, 5.74) is 0.404. The van der Waals surface area contributed by atoms with E-state index in [0.29, 0.717) is 24.5 Å². The van der Waals surface area contributed by atoms with Crippen molar-refractivity contribution in [3.8, 4) is 0 Å². The van der Waals surface area contributed by atoms with E-state index in [9.17, 15) is 4.79 Å². The van der Waals surface area contributed by atoms with Crippen LogP contribution in [0.4, 0.5) is 5.82 Å². The number of nitrogens with zero attached hydrogens (tertiary/aromatic N) is 1. The standard InChI is InChI=1S/C13H15N3O2/c1-14-12-6-2-5-11(16-12)13(17)15-8-7-10-4-3-9-18-10/h2-6,9H,7-8H2,1H3,(H,14,16)(H,15,17). The topological polar surface area (TPSA) is 67.2 Å². The molecule has 0 saturated carbocycles. The molecule has 0 fully saturated rings. The average Bonchev–Trinajstić information content (AvgIpc) is 2.92. The number of furan rings is 1. The molecule has 2 heterocycles. The van der Waals surface area contributed by atoms with Crippen LogP contribution in [0.5, 0.6) is 0 Å². The predicted octanol–water partition coefficient (Wildman–Crippen LogP) is 1.69. The molecule has 94 valence electrons. The molecule has 2 aromatic rings. The number of carbonyl (C=O) groups is 1. The molecular formula is C13H15N3O2. The molecule has 0 radical (unpaired) electrons. The molecule has 0 unspecified atom stereocenters. The van der Waals surface area contributed by atoms with Crippen LogP contribution in [0.1, 0.15) is 16.2 Å². The third-order valence-corrected chi connectivity index (χ3v) is 2.47. The van der Waals surface area contributed by atoms with E-state index >= 15 is 0 Å². The minimum absolute atomic E-state index is 0.182. The van der Waals surface area contributed by atoms with Crippen molar-refractivity contribution < 1.29 is 9.21 Å². The van der Waals surface area contributed by atoms with Gasteiger partial charge in [-0.2, -0.15) is 0 Å². The van der Waals surface area contributed by atoms with Crippen molar-refractivity contribution in [3.05, 3.63) is 48.0 Å². The number of pyridine rings is 1. The molecule has 0 spiro atoms. The van der Waals surface area contributed by atoms with Crippen molar-refractivity contribution in [2.75, 3.05) is 18.9 Å². The third kappa shape index (κ3) is 3.10. The molecule has 5 heteroatoms. The molecule has 18 heavy (non-hydrogen) atoms. The van der Waals surface area contributed by atoms with Crippen LogP contribution in [0, 0.1) is 0 Å². The van der Waals surface area contributed by atoms with Gasteiger partial charge in [-0.25, -0.2) is 4.98 Å². The van der Waals surface area contributed by atoms with Gasteiger partial charge in [-0.05, 0) is 24.3 Å². The summed E-state index contributed by atoms with van der Waals surface area (Å²) in [6, 6.07) is 8.99. The van der Waals surface area contributed by atoms with Crippen molar-refractivity contribution in [2.45, 2.75) is 6.42 Å². The Bertz CT molecular complexity index is 509. The Balaban J connectivity index is 1.87. The summed E-state index contributed by atoms with van der Waals surface area (Å²) < 4.78 is 5.18. The van der Waals surface area contributed by atoms with E-state index in [-0.39, 0.29) is 5.91 Å². The molecule has 1 amide bonds. The van der Waals surface area contributed by atoms with Crippen LogP contribution in [0.2, 0.25) is 0 Å². The highest BCUT2D eigenvalue weighted by molar-refractivity contribution is 5.92. The lowest BCUT2D eigenvalue weighted by Crippen LogP contribution is -2.26. The van der Waals surface area contributed by atoms with Gasteiger partial charge in [0, 0.05) is 20.0 Å². The number of hydrogen-bond acceptors (Lipinski definition) is 4. The van der Waals surface area contributed by atoms with Crippen molar-refractivity contribution >= 4 is 11.7 Å². The van der Waals surface area contributed by atoms with Crippen LogP contribution in [0.15, 0.2) is 41.0 Å². The van der Waals surface area contributed by atoms with Gasteiger partial charge in [-0.3, -0.25) is 4.79 Å². The van der Waals surface area contributed by atoms with Crippen LogP contribution in [-0.4, -0.2) is 24.5 Å². The summed E-state index contributed by atoms with van der Waals surface area (Å²) in [4.78, 5) is 16.0. The van der Waals surface area contributed by atoms with Gasteiger partial charge < -0.3 is 15.1 Å². The predicted molar refractivity (Wildman–Crippen MR) is 68.5 cm³/mol. The molecular weight excluding hydrogens is 230 g/mol. The molecule has 2 N–H and O–H groups in total. The summed E-state index contributed by atoms with van der Waals surface area (Å²) in [5.74, 6) is 1.35. The number of rotatable bonds is 5. The number of amides is 1. The second kappa shape index (κ2) is 5.86. The van der Waals surface area contributed by atoms with Gasteiger partial charge in [-0.1, -0.05) is 6.07 Å². The van der Waals surface area contributed by atoms with E-state index in [1.165, 1.54) is 0 Å². The maximum Gasteiger partial charge on any atom is 0.269 e. The Hall–Kier alpha value is -2.30. The minimum atomic E-state index is -0.182. The molecule has 5 nitrogen and oxygen atoms in total. The summed E-state index contributed by atoms with van der Waals surface area (Å²) in [6.07, 6.45) is 2.29. The number of anilines is 1. The molecule has 0 bridgehead atoms. The second-order valence-electron chi connectivity index (χ2n) is 3.74. The lowest BCUT2D eigenvalue weighted by atomic mass is 10.3. The Morgan fingerprint density at radius 2 is 2.22 bits per heavy atom. The zero-order valence-electron chi connectivity index (χ0n) is 10.1. The first-order chi connectivity index (χ1) is 8.79. The van der Waals surface area contributed by atoms with Crippen molar-refractivity contribution in [1.29, 1.82) is 0 Å². The fraction of sp³-hybridized carbons (Fsp3) is 0.231. The van der Waals surface area contributed by atoms with Crippen LogP contribution in [-0.2, 0) is 6.42 Å². The maximum absolute atomic E-state index is 11.8. The quantitative estimate of drug-likeness (QED) is 0.841. The molecule has 0 atom stereocenters. The SMILES string of the molecule is CNc1cccc(C(=O)NCCc2ccco2)n1. The van der Waals surface area contributed by atoms with E-state index in [1.807, 2.05) is 12.1 Å². The number of hydrogen-bond donors (Lipinski definition) is 2. The highest BCUT2D eigenvalue weighted by Gasteiger charge is 2.07. The van der Waals surface area contributed by atoms with Gasteiger partial charge in [0.2, 0.25) is 0 Å². The van der Waals surface area contributed by atoms with Crippen molar-refractivity contribution in [2.24, 2.45) is 0 Å². The smallest absolute Gasteiger partial charge is 0.269 e. The Morgan fingerprint density at radius 1 is 1.33 bits per heavy atom. The molecule has 0 aliphatic rings. The molecule has 0 aromatic carbocycles. The third-order valence-electron chi connectivity index (χ3n) is 2.47. The maximum atomic E-state index is 11.8. The van der Waals surface area contributed by atoms with E-state index in [1.54, 1.807) is 31.5 Å². The fourth-order valence-corrected chi connectivity index (χ4v) is 1.55. The van der Waals surface area contributed by atoms with Crippen LogP contribution in [0.3, 0.4) is 0 Å². The lowest BCUT2D eigenvalue weighted by Gasteiger charge is -2.05. The molecule has 2 aromatic heterocycles. The van der Waals surface area contributed by atoms with Crippen molar-refractivity contribution in [1.82, 2.24) is 10.3 Å². The Labute approximate surface area is 105 Å². The fourth-order valence-electron chi connectivity index (χ4n) is 1.55. The number of nitrogens with one attached hydrogen (secondary N) is 2. The van der Waals surface area contributed by atoms with Crippen LogP contribution in [0.25, 0.3) is 0 Å². The van der Waals surface area contributed by atoms with Gasteiger partial charge >= 0.3 is 0 Å². The first-order valence-electron chi connectivity index (χ1n) is 5.75. The summed E-state index contributed by atoms with van der Waals surface area (Å²) in [7, 11) is 1.76. The largest absolute Gasteiger partial charge is 0.469 e. The number of carbonyl (C=O) groups excluding carboxylic acids is 1. The first-order valence-corrected chi connectivity index (χ1v) is 5.75. The summed E-state index contributed by atoms with van der Waals surface area (Å²) >= 11 is 0. The van der Waals surface area contributed by atoms with E-state index in [2.05, 4.69) is 15.6 Å². The van der Waals surface area contributed by atoms with Crippen LogP contribution >= 0.6 is 0 Å². The Morgan fingerprint density at radius 3 is 2.94 bits per heavy atom. The average molecular weight is 245 g/mol. The van der Waals surface area contributed by atoms with Gasteiger partial charge in [0.25, 0.3) is 5.91 Å². The molecule has 2 rings (SSSR count). The molecule has 0 saturated heterocycles. The zero-order valence-corrected chi connectivity index (χ0v) is 10.1. The van der Waals surface area contributed by atoms with E-state index in [0.717, 1.165) is 5.76 Å². The van der Waals surface area contributed by atoms with Gasteiger partial charge in [-0.15, -0.1) is 0 Å². The summed E-state index contributed by atoms with van der Waals surface area (Å²) in [5, 5.41) is 5.69. The zero-order chi connectivity index (χ0) is 12.8. The first kappa shape index (κ1) is 12.2. The lowest BCUT2D eigenvalue weighted by molar-refractivity contribution is 0.0949. The van der Waals surface area contributed by atoms with E-state index < -0.39 is 0 Å². The van der Waals surface area contributed by atoms with Crippen LogP contribution < -0.4 is 10.6 Å². The van der Waals surface area contributed by atoms with Gasteiger partial charge in [0.05, 0.1) is 6.26 Å². The normalized spacial score (nSPS) is 10.1. The van der Waals surface area contributed by atoms with Gasteiger partial charge in [0.1, 0.15) is 17.3 Å². The monoisotopic (exact) mass is 245 g/mol. The van der Waals surface area contributed by atoms with Gasteiger partial charge in [0.15, 0.2) is 0 Å². The highest BCUT2D eigenvalue weighted by atomic mass is 16.3. The molecule has 0 aliphatic heterocycles. The summed E-state index contributed by atoms with van der Waals surface area (Å²) in [6.45, 7) is 0.526. The van der Waals surface area contributed by atoms with E-state index in [4.69, 9.17) is 4.42 Å². The molecule has 0 aliphatic carbocycles. The minimum Gasteiger partial charge on any atom is -0.469 e. The van der Waals surface area contributed by atoms with Crippen molar-refractivity contribution in [3.63, 3.8) is 0 Å².